The second-order valence-corrected chi connectivity index (χ2v) is 6.36. The molecule has 26 heavy (non-hydrogen) atoms. The van der Waals surface area contributed by atoms with E-state index < -0.39 is 17.1 Å². The summed E-state index contributed by atoms with van der Waals surface area (Å²) in [6.45, 7) is 6.62. The van der Waals surface area contributed by atoms with Gasteiger partial charge in [0, 0.05) is 12.8 Å². The summed E-state index contributed by atoms with van der Waals surface area (Å²) in [5.41, 5.74) is -0.375. The number of nitrogens with zero attached hydrogens (tertiary/aromatic N) is 3. The fourth-order valence-corrected chi connectivity index (χ4v) is 2.87. The van der Waals surface area contributed by atoms with Gasteiger partial charge in [-0.25, -0.2) is 14.2 Å². The van der Waals surface area contributed by atoms with E-state index in [1.165, 1.54) is 4.57 Å². The molecule has 0 fully saturated rings. The minimum atomic E-state index is -0.807. The Morgan fingerprint density at radius 2 is 2.19 bits per heavy atom. The molecule has 2 aromatic rings. The van der Waals surface area contributed by atoms with Crippen molar-refractivity contribution in [1.82, 2.24) is 14.5 Å². The highest BCUT2D eigenvalue weighted by atomic mass is 35.5. The molecule has 0 aliphatic heterocycles. The smallest absolute Gasteiger partial charge is 0.293 e. The van der Waals surface area contributed by atoms with Gasteiger partial charge in [0.15, 0.2) is 16.6 Å². The van der Waals surface area contributed by atoms with E-state index in [9.17, 15) is 14.0 Å². The molecule has 2 rings (SSSR count). The van der Waals surface area contributed by atoms with Crippen molar-refractivity contribution in [2.24, 2.45) is 4.99 Å². The summed E-state index contributed by atoms with van der Waals surface area (Å²) in [4.78, 5) is 34.9. The molecule has 1 unspecified atom stereocenters. The van der Waals surface area contributed by atoms with E-state index >= 15 is 0 Å². The molecule has 0 radical (unpaired) electrons. The number of allylic oxidation sites excluding steroid dienone is 2. The van der Waals surface area contributed by atoms with Gasteiger partial charge in [0.1, 0.15) is 0 Å². The minimum absolute atomic E-state index is 0.0191. The lowest BCUT2D eigenvalue weighted by molar-refractivity contribution is 0.539. The molecule has 2 heterocycles. The Balaban J connectivity index is 2.57. The van der Waals surface area contributed by atoms with E-state index in [0.717, 1.165) is 31.0 Å². The molecule has 140 valence electrons. The summed E-state index contributed by atoms with van der Waals surface area (Å²) >= 11 is 5.77. The first-order chi connectivity index (χ1) is 12.4. The average molecular weight is 381 g/mol. The standard InChI is InChI=1S/C18H22ClFN4O2/c1-4-6-8-21-9-7-11(3)14(5-2)24-16-12(17(25)23-18(24)26)10-13(20)15(19)22-16/h7,9-10,14H,4-6,8H2,1-3H3,(H,23,25,26)/b11-7-,21-9-. The van der Waals surface area contributed by atoms with Gasteiger partial charge in [-0.3, -0.25) is 19.3 Å². The van der Waals surface area contributed by atoms with Crippen LogP contribution in [0.4, 0.5) is 4.39 Å². The van der Waals surface area contributed by atoms with Gasteiger partial charge in [-0.05, 0) is 37.5 Å². The Bertz CT molecular complexity index is 962. The zero-order chi connectivity index (χ0) is 19.3. The Hall–Kier alpha value is -2.28. The molecule has 0 spiro atoms. The molecule has 2 aromatic heterocycles. The third-order valence-corrected chi connectivity index (χ3v) is 4.40. The van der Waals surface area contributed by atoms with Gasteiger partial charge >= 0.3 is 5.69 Å². The van der Waals surface area contributed by atoms with E-state index in [1.807, 2.05) is 19.9 Å². The number of fused-ring (bicyclic) bond motifs is 1. The van der Waals surface area contributed by atoms with Crippen LogP contribution < -0.4 is 11.2 Å². The minimum Gasteiger partial charge on any atom is -0.293 e. The number of hydrogen-bond donors (Lipinski definition) is 1. The van der Waals surface area contributed by atoms with Crippen molar-refractivity contribution in [3.8, 4) is 0 Å². The summed E-state index contributed by atoms with van der Waals surface area (Å²) in [6, 6.07) is 0.630. The molecule has 0 saturated heterocycles. The Kier molecular flexibility index (Phi) is 6.85. The molecule has 1 atom stereocenters. The molecular formula is C18H22ClFN4O2. The van der Waals surface area contributed by atoms with Crippen molar-refractivity contribution < 1.29 is 4.39 Å². The van der Waals surface area contributed by atoms with Crippen molar-refractivity contribution in [1.29, 1.82) is 0 Å². The SMILES string of the molecule is CCCC/N=C\C=C(\C)C(CC)n1c(=O)[nH]c(=O)c2cc(F)c(Cl)nc21. The molecule has 0 aliphatic rings. The van der Waals surface area contributed by atoms with E-state index in [0.29, 0.717) is 6.42 Å². The number of nitrogens with one attached hydrogen (secondary N) is 1. The molecule has 0 saturated carbocycles. The van der Waals surface area contributed by atoms with Crippen molar-refractivity contribution in [3.63, 3.8) is 0 Å². The van der Waals surface area contributed by atoms with Crippen LogP contribution in [0.2, 0.25) is 5.15 Å². The highest BCUT2D eigenvalue weighted by Crippen LogP contribution is 2.23. The number of hydrogen-bond acceptors (Lipinski definition) is 4. The Morgan fingerprint density at radius 1 is 1.46 bits per heavy atom. The number of H-pyrrole nitrogens is 1. The van der Waals surface area contributed by atoms with Crippen LogP contribution in [0, 0.1) is 5.82 Å². The monoisotopic (exact) mass is 380 g/mol. The lowest BCUT2D eigenvalue weighted by Crippen LogP contribution is -2.34. The van der Waals surface area contributed by atoms with Gasteiger partial charge in [0.05, 0.1) is 11.4 Å². The van der Waals surface area contributed by atoms with Crippen LogP contribution in [-0.4, -0.2) is 27.3 Å². The first kappa shape index (κ1) is 20.0. The number of aromatic nitrogens is 3. The van der Waals surface area contributed by atoms with Crippen LogP contribution in [0.15, 0.2) is 32.3 Å². The highest BCUT2D eigenvalue weighted by molar-refractivity contribution is 6.29. The fourth-order valence-electron chi connectivity index (χ4n) is 2.73. The Labute approximate surface area is 155 Å². The number of halogens is 2. The van der Waals surface area contributed by atoms with Crippen LogP contribution in [0.3, 0.4) is 0 Å². The first-order valence-electron chi connectivity index (χ1n) is 8.57. The van der Waals surface area contributed by atoms with Crippen LogP contribution >= 0.6 is 11.6 Å². The molecule has 1 N–H and O–H groups in total. The maximum atomic E-state index is 13.7. The fraction of sp³-hybridized carbons (Fsp3) is 0.444. The zero-order valence-corrected chi connectivity index (χ0v) is 15.8. The van der Waals surface area contributed by atoms with Gasteiger partial charge in [-0.1, -0.05) is 31.9 Å². The molecule has 8 heteroatoms. The van der Waals surface area contributed by atoms with Crippen molar-refractivity contribution in [3.05, 3.63) is 49.5 Å². The second-order valence-electron chi connectivity index (χ2n) is 6.00. The molecule has 0 aliphatic carbocycles. The first-order valence-corrected chi connectivity index (χ1v) is 8.95. The molecular weight excluding hydrogens is 359 g/mol. The van der Waals surface area contributed by atoms with Crippen molar-refractivity contribution >= 4 is 28.8 Å². The molecule has 0 aromatic carbocycles. The third kappa shape index (κ3) is 4.27. The lowest BCUT2D eigenvalue weighted by atomic mass is 10.1. The number of unbranched alkanes of at least 4 members (excludes halogenated alkanes) is 1. The predicted molar refractivity (Wildman–Crippen MR) is 103 cm³/mol. The zero-order valence-electron chi connectivity index (χ0n) is 15.1. The number of rotatable bonds is 7. The number of aliphatic imine (C=N–C) groups is 1. The van der Waals surface area contributed by atoms with Crippen LogP contribution in [0.1, 0.15) is 46.1 Å². The number of aromatic amines is 1. The second kappa shape index (κ2) is 8.89. The Morgan fingerprint density at radius 3 is 2.85 bits per heavy atom. The van der Waals surface area contributed by atoms with Gasteiger partial charge in [0.2, 0.25) is 0 Å². The lowest BCUT2D eigenvalue weighted by Gasteiger charge is -2.20. The molecule has 0 amide bonds. The molecule has 6 nitrogen and oxygen atoms in total. The average Bonchev–Trinajstić information content (AvgIpc) is 2.60. The van der Waals surface area contributed by atoms with E-state index in [1.54, 1.807) is 6.21 Å². The van der Waals surface area contributed by atoms with Gasteiger partial charge in [-0.2, -0.15) is 0 Å². The van der Waals surface area contributed by atoms with E-state index in [4.69, 9.17) is 11.6 Å². The third-order valence-electron chi connectivity index (χ3n) is 4.13. The predicted octanol–water partition coefficient (Wildman–Crippen LogP) is 3.65. The van der Waals surface area contributed by atoms with Crippen LogP contribution in [0.5, 0.6) is 0 Å². The van der Waals surface area contributed by atoms with E-state index in [2.05, 4.69) is 21.9 Å². The summed E-state index contributed by atoms with van der Waals surface area (Å²) in [6.07, 6.45) is 6.20. The van der Waals surface area contributed by atoms with Crippen molar-refractivity contribution in [2.45, 2.75) is 46.1 Å². The van der Waals surface area contributed by atoms with E-state index in [-0.39, 0.29) is 22.2 Å². The highest BCUT2D eigenvalue weighted by Gasteiger charge is 2.19. The summed E-state index contributed by atoms with van der Waals surface area (Å²) < 4.78 is 15.0. The maximum Gasteiger partial charge on any atom is 0.330 e. The summed E-state index contributed by atoms with van der Waals surface area (Å²) in [5.74, 6) is -0.807. The van der Waals surface area contributed by atoms with Gasteiger partial charge < -0.3 is 0 Å². The topological polar surface area (TPSA) is 80.1 Å². The van der Waals surface area contributed by atoms with Crippen molar-refractivity contribution in [2.75, 3.05) is 6.54 Å². The van der Waals surface area contributed by atoms with Gasteiger partial charge in [-0.15, -0.1) is 0 Å². The summed E-state index contributed by atoms with van der Waals surface area (Å²) in [7, 11) is 0. The van der Waals surface area contributed by atoms with Crippen LogP contribution in [-0.2, 0) is 0 Å². The molecule has 0 bridgehead atoms. The maximum absolute atomic E-state index is 13.7. The quantitative estimate of drug-likeness (QED) is 0.452. The van der Waals surface area contributed by atoms with Gasteiger partial charge in [0.25, 0.3) is 5.56 Å². The van der Waals surface area contributed by atoms with Crippen LogP contribution in [0.25, 0.3) is 11.0 Å². The largest absolute Gasteiger partial charge is 0.330 e. The summed E-state index contributed by atoms with van der Waals surface area (Å²) in [5, 5.41) is -0.400. The number of pyridine rings is 1. The normalized spacial score (nSPS) is 13.7.